The molecule has 0 aliphatic rings. The van der Waals surface area contributed by atoms with Crippen LogP contribution in [-0.2, 0) is 17.3 Å². The van der Waals surface area contributed by atoms with Gasteiger partial charge in [0.1, 0.15) is 5.75 Å². The van der Waals surface area contributed by atoms with Crippen LogP contribution in [0.1, 0.15) is 78.0 Å². The van der Waals surface area contributed by atoms with Gasteiger partial charge < -0.3 is 5.11 Å². The van der Waals surface area contributed by atoms with Crippen LogP contribution in [0.3, 0.4) is 0 Å². The average Bonchev–Trinajstić information content (AvgIpc) is 2.24. The smallest absolute Gasteiger partial charge is 0.119 e. The first-order chi connectivity index (χ1) is 8.57. The van der Waals surface area contributed by atoms with Crippen LogP contribution in [0, 0.1) is 0 Å². The van der Waals surface area contributed by atoms with Crippen molar-refractivity contribution >= 4 is 0 Å². The highest BCUT2D eigenvalue weighted by atomic mass is 16.3. The lowest BCUT2D eigenvalue weighted by Crippen LogP contribution is -2.18. The van der Waals surface area contributed by atoms with E-state index in [2.05, 4.69) is 54.5 Å². The fraction of sp³-hybridized carbons (Fsp3) is 0.667. The van der Waals surface area contributed by atoms with Crippen molar-refractivity contribution in [1.29, 1.82) is 0 Å². The van der Waals surface area contributed by atoms with Crippen molar-refractivity contribution in [1.82, 2.24) is 0 Å². The first kappa shape index (κ1) is 16.1. The van der Waals surface area contributed by atoms with Crippen LogP contribution in [0.2, 0.25) is 0 Å². The van der Waals surface area contributed by atoms with Gasteiger partial charge in [0.05, 0.1) is 0 Å². The third-order valence-electron chi connectivity index (χ3n) is 3.64. The zero-order valence-corrected chi connectivity index (χ0v) is 13.7. The lowest BCUT2D eigenvalue weighted by molar-refractivity contribution is 0.442. The molecular formula is C18H30O. The van der Waals surface area contributed by atoms with Crippen molar-refractivity contribution in [2.24, 2.45) is 0 Å². The summed E-state index contributed by atoms with van der Waals surface area (Å²) in [5.41, 5.74) is 3.81. The highest BCUT2D eigenvalue weighted by Gasteiger charge is 2.24. The predicted octanol–water partition coefficient (Wildman–Crippen LogP) is 5.33. The highest BCUT2D eigenvalue weighted by Crippen LogP contribution is 2.37. The lowest BCUT2D eigenvalue weighted by atomic mass is 9.78. The van der Waals surface area contributed by atoms with E-state index in [1.165, 1.54) is 24.0 Å². The Labute approximate surface area is 119 Å². The molecule has 1 aromatic rings. The number of phenolic OH excluding ortho intramolecular Hbond substituents is 1. The van der Waals surface area contributed by atoms with E-state index < -0.39 is 0 Å². The fourth-order valence-electron chi connectivity index (χ4n) is 2.51. The Morgan fingerprint density at radius 2 is 1.42 bits per heavy atom. The SMILES string of the molecule is CCCCc1cc(C(C)(C)C)c(O)cc1C(C)(C)C. The molecule has 0 heterocycles. The summed E-state index contributed by atoms with van der Waals surface area (Å²) in [6.45, 7) is 15.3. The molecule has 0 bridgehead atoms. The first-order valence-electron chi connectivity index (χ1n) is 7.44. The molecule has 1 aromatic carbocycles. The summed E-state index contributed by atoms with van der Waals surface area (Å²) in [4.78, 5) is 0. The molecule has 0 unspecified atom stereocenters. The van der Waals surface area contributed by atoms with Crippen molar-refractivity contribution in [2.45, 2.75) is 78.6 Å². The van der Waals surface area contributed by atoms with Gasteiger partial charge in [-0.2, -0.15) is 0 Å². The molecule has 1 N–H and O–H groups in total. The Hall–Kier alpha value is -0.980. The van der Waals surface area contributed by atoms with E-state index in [0.29, 0.717) is 5.75 Å². The molecule has 1 heteroatoms. The molecule has 0 amide bonds. The number of hydrogen-bond acceptors (Lipinski definition) is 1. The summed E-state index contributed by atoms with van der Waals surface area (Å²) < 4.78 is 0. The fourth-order valence-corrected chi connectivity index (χ4v) is 2.51. The van der Waals surface area contributed by atoms with Crippen LogP contribution in [-0.4, -0.2) is 5.11 Å². The van der Waals surface area contributed by atoms with E-state index in [4.69, 9.17) is 0 Å². The molecule has 0 aromatic heterocycles. The normalized spacial score (nSPS) is 12.8. The van der Waals surface area contributed by atoms with Gasteiger partial charge in [0.25, 0.3) is 0 Å². The van der Waals surface area contributed by atoms with Crippen LogP contribution >= 0.6 is 0 Å². The van der Waals surface area contributed by atoms with E-state index in [-0.39, 0.29) is 10.8 Å². The molecule has 0 saturated heterocycles. The van der Waals surface area contributed by atoms with Gasteiger partial charge in [0.15, 0.2) is 0 Å². The summed E-state index contributed by atoms with van der Waals surface area (Å²) in [5, 5.41) is 10.3. The Morgan fingerprint density at radius 1 is 0.895 bits per heavy atom. The lowest BCUT2D eigenvalue weighted by Gasteiger charge is -2.28. The van der Waals surface area contributed by atoms with Crippen molar-refractivity contribution in [3.8, 4) is 5.75 Å². The number of aryl methyl sites for hydroxylation is 1. The zero-order chi connectivity index (χ0) is 14.8. The van der Waals surface area contributed by atoms with E-state index in [1.807, 2.05) is 6.07 Å². The number of unbranched alkanes of at least 4 members (excludes halogenated alkanes) is 1. The zero-order valence-electron chi connectivity index (χ0n) is 13.7. The summed E-state index contributed by atoms with van der Waals surface area (Å²) in [5.74, 6) is 0.442. The summed E-state index contributed by atoms with van der Waals surface area (Å²) in [6, 6.07) is 4.22. The summed E-state index contributed by atoms with van der Waals surface area (Å²) in [7, 11) is 0. The van der Waals surface area contributed by atoms with E-state index >= 15 is 0 Å². The van der Waals surface area contributed by atoms with Gasteiger partial charge in [-0.1, -0.05) is 61.0 Å². The maximum absolute atomic E-state index is 10.3. The molecule has 1 rings (SSSR count). The topological polar surface area (TPSA) is 20.2 Å². The van der Waals surface area contributed by atoms with Crippen molar-refractivity contribution < 1.29 is 5.11 Å². The van der Waals surface area contributed by atoms with Crippen LogP contribution in [0.15, 0.2) is 12.1 Å². The number of phenols is 1. The predicted molar refractivity (Wildman–Crippen MR) is 84.1 cm³/mol. The van der Waals surface area contributed by atoms with Gasteiger partial charge >= 0.3 is 0 Å². The van der Waals surface area contributed by atoms with Gasteiger partial charge in [-0.3, -0.25) is 0 Å². The Morgan fingerprint density at radius 3 is 1.84 bits per heavy atom. The molecule has 0 atom stereocenters. The minimum atomic E-state index is -0.0124. The summed E-state index contributed by atoms with van der Waals surface area (Å²) >= 11 is 0. The third kappa shape index (κ3) is 3.99. The average molecular weight is 262 g/mol. The van der Waals surface area contributed by atoms with E-state index in [9.17, 15) is 5.11 Å². The van der Waals surface area contributed by atoms with Crippen LogP contribution in [0.25, 0.3) is 0 Å². The molecule has 0 aliphatic heterocycles. The maximum Gasteiger partial charge on any atom is 0.119 e. The standard InChI is InChI=1S/C18H30O/c1-8-9-10-13-11-15(18(5,6)7)16(19)12-14(13)17(2,3)4/h11-12,19H,8-10H2,1-7H3. The molecule has 1 nitrogen and oxygen atoms in total. The van der Waals surface area contributed by atoms with Gasteiger partial charge in [-0.15, -0.1) is 0 Å². The second kappa shape index (κ2) is 5.56. The van der Waals surface area contributed by atoms with E-state index in [0.717, 1.165) is 12.0 Å². The number of aromatic hydroxyl groups is 1. The Kier molecular flexibility index (Phi) is 4.71. The quantitative estimate of drug-likeness (QED) is 0.780. The molecule has 0 fully saturated rings. The van der Waals surface area contributed by atoms with Gasteiger partial charge in [0.2, 0.25) is 0 Å². The van der Waals surface area contributed by atoms with Crippen LogP contribution < -0.4 is 0 Å². The van der Waals surface area contributed by atoms with Gasteiger partial charge in [-0.25, -0.2) is 0 Å². The minimum absolute atomic E-state index is 0.0124. The van der Waals surface area contributed by atoms with Crippen molar-refractivity contribution in [3.63, 3.8) is 0 Å². The number of rotatable bonds is 3. The highest BCUT2D eigenvalue weighted by molar-refractivity contribution is 5.47. The molecule has 108 valence electrons. The minimum Gasteiger partial charge on any atom is -0.508 e. The Balaban J connectivity index is 3.37. The molecule has 0 aliphatic carbocycles. The Bertz CT molecular complexity index is 430. The molecule has 0 radical (unpaired) electrons. The second-order valence-electron chi connectivity index (χ2n) is 7.63. The monoisotopic (exact) mass is 262 g/mol. The van der Waals surface area contributed by atoms with Crippen LogP contribution in [0.4, 0.5) is 0 Å². The van der Waals surface area contributed by atoms with Crippen LogP contribution in [0.5, 0.6) is 5.75 Å². The summed E-state index contributed by atoms with van der Waals surface area (Å²) in [6.07, 6.45) is 3.51. The molecule has 0 spiro atoms. The third-order valence-corrected chi connectivity index (χ3v) is 3.64. The number of benzene rings is 1. The first-order valence-corrected chi connectivity index (χ1v) is 7.44. The molecular weight excluding hydrogens is 232 g/mol. The molecule has 19 heavy (non-hydrogen) atoms. The second-order valence-corrected chi connectivity index (χ2v) is 7.63. The maximum atomic E-state index is 10.3. The van der Waals surface area contributed by atoms with Gasteiger partial charge in [-0.05, 0) is 46.4 Å². The van der Waals surface area contributed by atoms with Crippen molar-refractivity contribution in [3.05, 3.63) is 28.8 Å². The van der Waals surface area contributed by atoms with Crippen molar-refractivity contribution in [2.75, 3.05) is 0 Å². The van der Waals surface area contributed by atoms with Gasteiger partial charge in [0, 0.05) is 0 Å². The largest absolute Gasteiger partial charge is 0.508 e. The molecule has 0 saturated carbocycles. The number of hydrogen-bond donors (Lipinski definition) is 1. The van der Waals surface area contributed by atoms with E-state index in [1.54, 1.807) is 0 Å².